The number of carbonyl (C=O) groups excluding carboxylic acids is 1. The molecule has 158 valence electrons. The summed E-state index contributed by atoms with van der Waals surface area (Å²) in [6.07, 6.45) is 1.72. The van der Waals surface area contributed by atoms with Crippen LogP contribution in [0.5, 0.6) is 0 Å². The van der Waals surface area contributed by atoms with Crippen LogP contribution in [0, 0.1) is 0 Å². The predicted octanol–water partition coefficient (Wildman–Crippen LogP) is 0.205. The SMILES string of the molecule is O=C(Cn1nnc2ccccc2c1=O)N1CCN(Cc2cc(=O)n3ccsc3n2)CC1. The molecular formula is C20H19N7O3S. The molecule has 10 nitrogen and oxygen atoms in total. The van der Waals surface area contributed by atoms with Crippen molar-refractivity contribution in [2.75, 3.05) is 26.2 Å². The van der Waals surface area contributed by atoms with Crippen molar-refractivity contribution in [1.82, 2.24) is 34.2 Å². The minimum atomic E-state index is -0.320. The number of piperazine rings is 1. The van der Waals surface area contributed by atoms with Crippen LogP contribution in [-0.2, 0) is 17.9 Å². The summed E-state index contributed by atoms with van der Waals surface area (Å²) in [5, 5.41) is 10.2. The zero-order chi connectivity index (χ0) is 21.4. The summed E-state index contributed by atoms with van der Waals surface area (Å²) in [6, 6.07) is 8.50. The van der Waals surface area contributed by atoms with E-state index in [1.807, 2.05) is 5.38 Å². The zero-order valence-electron chi connectivity index (χ0n) is 16.5. The van der Waals surface area contributed by atoms with E-state index in [-0.39, 0.29) is 23.6 Å². The van der Waals surface area contributed by atoms with Gasteiger partial charge in [0.15, 0.2) is 4.96 Å². The van der Waals surface area contributed by atoms with Gasteiger partial charge in [-0.1, -0.05) is 17.3 Å². The summed E-state index contributed by atoms with van der Waals surface area (Å²) in [4.78, 5) is 46.5. The number of benzene rings is 1. The van der Waals surface area contributed by atoms with Gasteiger partial charge in [-0.2, -0.15) is 0 Å². The molecule has 0 bridgehead atoms. The number of carbonyl (C=O) groups is 1. The van der Waals surface area contributed by atoms with Crippen LogP contribution in [-0.4, -0.2) is 66.3 Å². The molecule has 31 heavy (non-hydrogen) atoms. The Morgan fingerprint density at radius 2 is 1.90 bits per heavy atom. The molecule has 5 rings (SSSR count). The van der Waals surface area contributed by atoms with Crippen LogP contribution >= 0.6 is 11.3 Å². The van der Waals surface area contributed by atoms with Gasteiger partial charge < -0.3 is 4.90 Å². The summed E-state index contributed by atoms with van der Waals surface area (Å²) in [5.41, 5.74) is 0.833. The average Bonchev–Trinajstić information content (AvgIpc) is 3.26. The lowest BCUT2D eigenvalue weighted by Crippen LogP contribution is -2.50. The Labute approximate surface area is 180 Å². The third-order valence-corrected chi connectivity index (χ3v) is 6.14. The van der Waals surface area contributed by atoms with Crippen molar-refractivity contribution in [3.63, 3.8) is 0 Å². The minimum Gasteiger partial charge on any atom is -0.339 e. The monoisotopic (exact) mass is 437 g/mol. The molecule has 0 saturated carbocycles. The number of amides is 1. The van der Waals surface area contributed by atoms with Gasteiger partial charge in [-0.05, 0) is 12.1 Å². The predicted molar refractivity (Wildman–Crippen MR) is 115 cm³/mol. The van der Waals surface area contributed by atoms with Gasteiger partial charge in [-0.25, -0.2) is 9.67 Å². The van der Waals surface area contributed by atoms with E-state index in [0.717, 1.165) is 10.4 Å². The molecule has 1 aromatic carbocycles. The first-order valence-electron chi connectivity index (χ1n) is 9.87. The summed E-state index contributed by atoms with van der Waals surface area (Å²) >= 11 is 1.43. The lowest BCUT2D eigenvalue weighted by atomic mass is 10.2. The molecule has 0 N–H and O–H groups in total. The second kappa shape index (κ2) is 8.00. The van der Waals surface area contributed by atoms with E-state index < -0.39 is 0 Å². The largest absolute Gasteiger partial charge is 0.339 e. The molecule has 3 aromatic heterocycles. The molecule has 0 spiro atoms. The molecule has 1 aliphatic rings. The minimum absolute atomic E-state index is 0.0861. The van der Waals surface area contributed by atoms with Crippen molar-refractivity contribution in [3.05, 3.63) is 68.3 Å². The topological polar surface area (TPSA) is 106 Å². The van der Waals surface area contributed by atoms with Crippen molar-refractivity contribution in [1.29, 1.82) is 0 Å². The number of hydrogen-bond donors (Lipinski definition) is 0. The van der Waals surface area contributed by atoms with Crippen LogP contribution in [0.25, 0.3) is 15.9 Å². The lowest BCUT2D eigenvalue weighted by molar-refractivity contribution is -0.134. The summed E-state index contributed by atoms with van der Waals surface area (Å²) < 4.78 is 2.65. The van der Waals surface area contributed by atoms with Gasteiger partial charge in [0.05, 0.1) is 11.1 Å². The van der Waals surface area contributed by atoms with Crippen molar-refractivity contribution in [2.24, 2.45) is 0 Å². The highest BCUT2D eigenvalue weighted by Crippen LogP contribution is 2.11. The first-order valence-corrected chi connectivity index (χ1v) is 10.7. The van der Waals surface area contributed by atoms with Crippen LogP contribution in [0.4, 0.5) is 0 Å². The lowest BCUT2D eigenvalue weighted by Gasteiger charge is -2.34. The smallest absolute Gasteiger partial charge is 0.278 e. The zero-order valence-corrected chi connectivity index (χ0v) is 17.4. The number of hydrogen-bond acceptors (Lipinski definition) is 8. The van der Waals surface area contributed by atoms with Crippen molar-refractivity contribution in [2.45, 2.75) is 13.1 Å². The number of fused-ring (bicyclic) bond motifs is 2. The number of thiazole rings is 1. The van der Waals surface area contributed by atoms with E-state index in [9.17, 15) is 14.4 Å². The van der Waals surface area contributed by atoms with Crippen LogP contribution in [0.3, 0.4) is 0 Å². The first kappa shape index (κ1) is 19.5. The molecule has 4 aromatic rings. The molecule has 11 heteroatoms. The molecule has 0 aliphatic carbocycles. The molecule has 0 atom stereocenters. The Morgan fingerprint density at radius 3 is 2.74 bits per heavy atom. The Balaban J connectivity index is 1.22. The van der Waals surface area contributed by atoms with Gasteiger partial charge in [0.2, 0.25) is 5.91 Å². The Bertz CT molecular complexity index is 1380. The fourth-order valence-corrected chi connectivity index (χ4v) is 4.45. The summed E-state index contributed by atoms with van der Waals surface area (Å²) in [6.45, 7) is 2.82. The second-order valence-corrected chi connectivity index (χ2v) is 8.24. The van der Waals surface area contributed by atoms with Gasteiger partial charge in [-0.3, -0.25) is 23.7 Å². The van der Waals surface area contributed by atoms with Crippen LogP contribution in [0.2, 0.25) is 0 Å². The standard InChI is InChI=1S/C20H19N7O3S/c28-17-11-14(21-20-26(17)9-10-31-20)12-24-5-7-25(8-6-24)18(29)13-27-19(30)15-3-1-2-4-16(15)22-23-27/h1-4,9-11H,5-8,12-13H2. The van der Waals surface area contributed by atoms with E-state index in [0.29, 0.717) is 48.6 Å². The second-order valence-electron chi connectivity index (χ2n) is 7.37. The maximum absolute atomic E-state index is 12.7. The maximum Gasteiger partial charge on any atom is 0.278 e. The van der Waals surface area contributed by atoms with E-state index in [1.54, 1.807) is 41.4 Å². The van der Waals surface area contributed by atoms with Gasteiger partial charge in [0.1, 0.15) is 12.1 Å². The fourth-order valence-electron chi connectivity index (χ4n) is 3.71. The third kappa shape index (κ3) is 3.84. The van der Waals surface area contributed by atoms with Crippen molar-refractivity contribution >= 4 is 33.1 Å². The maximum atomic E-state index is 12.7. The number of rotatable bonds is 4. The molecule has 1 aliphatic heterocycles. The third-order valence-electron chi connectivity index (χ3n) is 5.38. The molecule has 0 unspecified atom stereocenters. The molecule has 1 amide bonds. The highest BCUT2D eigenvalue weighted by molar-refractivity contribution is 7.15. The Morgan fingerprint density at radius 1 is 1.10 bits per heavy atom. The van der Waals surface area contributed by atoms with E-state index >= 15 is 0 Å². The number of nitrogens with zero attached hydrogens (tertiary/aromatic N) is 7. The highest BCUT2D eigenvalue weighted by atomic mass is 32.1. The Kier molecular flexibility index (Phi) is 5.04. The average molecular weight is 437 g/mol. The highest BCUT2D eigenvalue weighted by Gasteiger charge is 2.23. The fraction of sp³-hybridized carbons (Fsp3) is 0.300. The molecule has 1 fully saturated rings. The van der Waals surface area contributed by atoms with Crippen LogP contribution in [0.15, 0.2) is 51.5 Å². The van der Waals surface area contributed by atoms with Gasteiger partial charge >= 0.3 is 0 Å². The summed E-state index contributed by atoms with van der Waals surface area (Å²) in [7, 11) is 0. The molecule has 1 saturated heterocycles. The van der Waals surface area contributed by atoms with Crippen LogP contribution in [0.1, 0.15) is 5.69 Å². The van der Waals surface area contributed by atoms with Gasteiger partial charge in [-0.15, -0.1) is 16.4 Å². The number of aromatic nitrogens is 5. The molecular weight excluding hydrogens is 418 g/mol. The van der Waals surface area contributed by atoms with E-state index in [4.69, 9.17) is 0 Å². The van der Waals surface area contributed by atoms with Crippen molar-refractivity contribution in [3.8, 4) is 0 Å². The quantitative estimate of drug-likeness (QED) is 0.449. The van der Waals surface area contributed by atoms with Gasteiger partial charge in [0.25, 0.3) is 11.1 Å². The van der Waals surface area contributed by atoms with Gasteiger partial charge in [0, 0.05) is 50.4 Å². The Hall–Kier alpha value is -3.44. The normalized spacial score (nSPS) is 15.0. The summed E-state index contributed by atoms with van der Waals surface area (Å²) in [5.74, 6) is -0.164. The van der Waals surface area contributed by atoms with E-state index in [2.05, 4.69) is 20.2 Å². The first-order chi connectivity index (χ1) is 15.1. The van der Waals surface area contributed by atoms with E-state index in [1.165, 1.54) is 15.7 Å². The molecule has 0 radical (unpaired) electrons. The van der Waals surface area contributed by atoms with Crippen LogP contribution < -0.4 is 11.1 Å². The van der Waals surface area contributed by atoms with Crippen molar-refractivity contribution < 1.29 is 4.79 Å². The molecule has 4 heterocycles.